The van der Waals surface area contributed by atoms with Crippen LogP contribution in [-0.2, 0) is 14.3 Å². The van der Waals surface area contributed by atoms with Crippen LogP contribution >= 0.6 is 11.8 Å². The van der Waals surface area contributed by atoms with Crippen molar-refractivity contribution in [3.63, 3.8) is 0 Å². The molecule has 0 aromatic heterocycles. The smallest absolute Gasteiger partial charge is 0.308 e. The summed E-state index contributed by atoms with van der Waals surface area (Å²) in [4.78, 5) is 27.9. The fourth-order valence-corrected chi connectivity index (χ4v) is 4.32. The van der Waals surface area contributed by atoms with Crippen molar-refractivity contribution in [2.45, 2.75) is 23.0 Å². The molecular weight excluding hydrogens is 346 g/mol. The molecule has 0 aliphatic carbocycles. The van der Waals surface area contributed by atoms with Crippen molar-refractivity contribution in [2.24, 2.45) is 5.92 Å². The van der Waals surface area contributed by atoms with E-state index in [1.807, 2.05) is 65.6 Å². The van der Waals surface area contributed by atoms with Crippen LogP contribution in [0, 0.1) is 5.92 Å². The van der Waals surface area contributed by atoms with Crippen LogP contribution in [0.4, 0.5) is 0 Å². The van der Waals surface area contributed by atoms with Crippen molar-refractivity contribution in [1.82, 2.24) is 4.90 Å². The number of rotatable bonds is 5. The molecule has 1 aliphatic heterocycles. The fourth-order valence-electron chi connectivity index (χ4n) is 3.19. The molecule has 0 saturated carbocycles. The molecule has 26 heavy (non-hydrogen) atoms. The van der Waals surface area contributed by atoms with Crippen LogP contribution in [0.2, 0.25) is 0 Å². The van der Waals surface area contributed by atoms with Crippen LogP contribution < -0.4 is 0 Å². The second kappa shape index (κ2) is 8.90. The lowest BCUT2D eigenvalue weighted by molar-refractivity contribution is -0.148. The van der Waals surface area contributed by atoms with Crippen molar-refractivity contribution in [3.8, 4) is 0 Å². The molecular formula is C21H23NO3S. The van der Waals surface area contributed by atoms with Gasteiger partial charge in [-0.1, -0.05) is 48.5 Å². The average Bonchev–Trinajstić information content (AvgIpc) is 2.72. The molecule has 1 saturated heterocycles. The predicted octanol–water partition coefficient (Wildman–Crippen LogP) is 3.93. The number of hydrogen-bond acceptors (Lipinski definition) is 4. The molecule has 2 aromatic carbocycles. The van der Waals surface area contributed by atoms with Crippen LogP contribution in [0.1, 0.15) is 23.7 Å². The van der Waals surface area contributed by atoms with Crippen molar-refractivity contribution < 1.29 is 14.3 Å². The topological polar surface area (TPSA) is 46.6 Å². The molecule has 0 spiro atoms. The van der Waals surface area contributed by atoms with Gasteiger partial charge in [-0.25, -0.2) is 0 Å². The van der Waals surface area contributed by atoms with Gasteiger partial charge in [-0.2, -0.15) is 0 Å². The summed E-state index contributed by atoms with van der Waals surface area (Å²) in [6.45, 7) is 1.19. The molecule has 1 heterocycles. The number of amides is 1. The highest BCUT2D eigenvalue weighted by Gasteiger charge is 2.32. The van der Waals surface area contributed by atoms with E-state index in [9.17, 15) is 9.59 Å². The third-order valence-corrected chi connectivity index (χ3v) is 5.92. The maximum absolute atomic E-state index is 13.2. The molecule has 1 amide bonds. The number of nitrogens with zero attached hydrogens (tertiary/aromatic N) is 1. The van der Waals surface area contributed by atoms with Gasteiger partial charge in [0.1, 0.15) is 5.25 Å². The van der Waals surface area contributed by atoms with Crippen LogP contribution in [-0.4, -0.2) is 37.0 Å². The molecule has 4 nitrogen and oxygen atoms in total. The zero-order chi connectivity index (χ0) is 18.4. The Morgan fingerprint density at radius 1 is 1.00 bits per heavy atom. The normalized spacial score (nSPS) is 16.1. The molecule has 0 radical (unpaired) electrons. The summed E-state index contributed by atoms with van der Waals surface area (Å²) in [6.07, 6.45) is 1.33. The lowest BCUT2D eigenvalue weighted by Crippen LogP contribution is -2.42. The monoisotopic (exact) mass is 369 g/mol. The zero-order valence-corrected chi connectivity index (χ0v) is 15.7. The minimum absolute atomic E-state index is 0.0963. The zero-order valence-electron chi connectivity index (χ0n) is 14.8. The Morgan fingerprint density at radius 3 is 2.15 bits per heavy atom. The van der Waals surface area contributed by atoms with Crippen molar-refractivity contribution in [3.05, 3.63) is 66.2 Å². The first kappa shape index (κ1) is 18.5. The van der Waals surface area contributed by atoms with Gasteiger partial charge in [0.05, 0.1) is 13.0 Å². The number of benzene rings is 2. The van der Waals surface area contributed by atoms with E-state index >= 15 is 0 Å². The van der Waals surface area contributed by atoms with Gasteiger partial charge in [0, 0.05) is 18.0 Å². The van der Waals surface area contributed by atoms with Gasteiger partial charge in [-0.3, -0.25) is 9.59 Å². The van der Waals surface area contributed by atoms with E-state index in [0.717, 1.165) is 10.5 Å². The third kappa shape index (κ3) is 4.47. The molecule has 1 atom stereocenters. The molecule has 2 aromatic rings. The van der Waals surface area contributed by atoms with Crippen molar-refractivity contribution >= 4 is 23.6 Å². The second-order valence-corrected chi connectivity index (χ2v) is 7.52. The van der Waals surface area contributed by atoms with Gasteiger partial charge in [-0.15, -0.1) is 11.8 Å². The Balaban J connectivity index is 1.74. The van der Waals surface area contributed by atoms with E-state index in [4.69, 9.17) is 4.74 Å². The van der Waals surface area contributed by atoms with E-state index in [1.165, 1.54) is 7.11 Å². The predicted molar refractivity (Wildman–Crippen MR) is 103 cm³/mol. The maximum Gasteiger partial charge on any atom is 0.308 e. The number of hydrogen-bond donors (Lipinski definition) is 0. The second-order valence-electron chi connectivity index (χ2n) is 6.34. The van der Waals surface area contributed by atoms with Gasteiger partial charge in [0.15, 0.2) is 0 Å². The third-order valence-electron chi connectivity index (χ3n) is 4.66. The summed E-state index contributed by atoms with van der Waals surface area (Å²) in [6, 6.07) is 19.9. The molecule has 1 fully saturated rings. The van der Waals surface area contributed by atoms with Gasteiger partial charge < -0.3 is 9.64 Å². The minimum Gasteiger partial charge on any atom is -0.469 e. The first-order chi connectivity index (χ1) is 12.7. The Hall–Kier alpha value is -2.27. The lowest BCUT2D eigenvalue weighted by Gasteiger charge is -2.33. The highest BCUT2D eigenvalue weighted by Crippen LogP contribution is 2.37. The number of likely N-dealkylation sites (tertiary alicyclic amines) is 1. The molecule has 3 rings (SSSR count). The molecule has 0 bridgehead atoms. The first-order valence-corrected chi connectivity index (χ1v) is 9.70. The largest absolute Gasteiger partial charge is 0.469 e. The van der Waals surface area contributed by atoms with E-state index < -0.39 is 0 Å². The van der Waals surface area contributed by atoms with E-state index in [-0.39, 0.29) is 23.0 Å². The summed E-state index contributed by atoms with van der Waals surface area (Å²) < 4.78 is 4.83. The minimum atomic E-state index is -0.284. The lowest BCUT2D eigenvalue weighted by atomic mass is 9.96. The Kier molecular flexibility index (Phi) is 6.34. The highest BCUT2D eigenvalue weighted by molar-refractivity contribution is 8.00. The molecule has 0 unspecified atom stereocenters. The first-order valence-electron chi connectivity index (χ1n) is 8.82. The summed E-state index contributed by atoms with van der Waals surface area (Å²) in [7, 11) is 1.42. The Bertz CT molecular complexity index is 727. The van der Waals surface area contributed by atoms with Gasteiger partial charge in [0.25, 0.3) is 0 Å². The summed E-state index contributed by atoms with van der Waals surface area (Å²) in [5, 5.41) is -0.284. The van der Waals surface area contributed by atoms with Gasteiger partial charge in [-0.05, 0) is 30.5 Å². The number of thioether (sulfide) groups is 1. The Morgan fingerprint density at radius 2 is 1.58 bits per heavy atom. The number of methoxy groups -OCH3 is 1. The van der Waals surface area contributed by atoms with Crippen LogP contribution in [0.3, 0.4) is 0 Å². The summed E-state index contributed by atoms with van der Waals surface area (Å²) in [5.74, 6) is -0.162. The van der Waals surface area contributed by atoms with Crippen LogP contribution in [0.15, 0.2) is 65.6 Å². The molecule has 5 heteroatoms. The summed E-state index contributed by atoms with van der Waals surface area (Å²) >= 11 is 1.57. The van der Waals surface area contributed by atoms with Crippen LogP contribution in [0.25, 0.3) is 0 Å². The molecule has 0 N–H and O–H groups in total. The highest BCUT2D eigenvalue weighted by atomic mass is 32.2. The van der Waals surface area contributed by atoms with E-state index in [1.54, 1.807) is 11.8 Å². The number of carbonyl (C=O) groups excluding carboxylic acids is 2. The van der Waals surface area contributed by atoms with E-state index in [0.29, 0.717) is 25.9 Å². The van der Waals surface area contributed by atoms with Gasteiger partial charge >= 0.3 is 5.97 Å². The quantitative estimate of drug-likeness (QED) is 0.592. The fraction of sp³-hybridized carbons (Fsp3) is 0.333. The number of carbonyl (C=O) groups is 2. The van der Waals surface area contributed by atoms with E-state index in [2.05, 4.69) is 0 Å². The maximum atomic E-state index is 13.2. The van der Waals surface area contributed by atoms with Crippen molar-refractivity contribution in [1.29, 1.82) is 0 Å². The number of esters is 1. The summed E-state index contributed by atoms with van der Waals surface area (Å²) in [5.41, 5.74) is 1.00. The Labute approximate surface area is 158 Å². The molecule has 136 valence electrons. The SMILES string of the molecule is COC(=O)C1CCN(C(=O)[C@H](Sc2ccccc2)c2ccccc2)CC1. The van der Waals surface area contributed by atoms with Gasteiger partial charge in [0.2, 0.25) is 5.91 Å². The van der Waals surface area contributed by atoms with Crippen LogP contribution in [0.5, 0.6) is 0 Å². The standard InChI is InChI=1S/C21H23NO3S/c1-25-21(24)17-12-14-22(15-13-17)20(23)19(16-8-4-2-5-9-16)26-18-10-6-3-7-11-18/h2-11,17,19H,12-15H2,1H3/t19-/m1/s1. The molecule has 1 aliphatic rings. The number of ether oxygens (including phenoxy) is 1. The average molecular weight is 369 g/mol. The number of piperidine rings is 1. The van der Waals surface area contributed by atoms with Crippen molar-refractivity contribution in [2.75, 3.05) is 20.2 Å².